The van der Waals surface area contributed by atoms with Crippen molar-refractivity contribution in [2.45, 2.75) is 225 Å². The van der Waals surface area contributed by atoms with E-state index in [1.165, 1.54) is 154 Å². The number of aliphatic hydroxyl groups is 2. The van der Waals surface area contributed by atoms with Gasteiger partial charge in [0.05, 0.1) is 26.4 Å². The highest BCUT2D eigenvalue weighted by atomic mass is 31.2. The fraction of sp³-hybridized carbons (Fsp3) is 0.953. The van der Waals surface area contributed by atoms with Crippen molar-refractivity contribution >= 4 is 19.8 Å². The van der Waals surface area contributed by atoms with E-state index in [1.807, 2.05) is 0 Å². The maximum absolute atomic E-state index is 12.6. The van der Waals surface area contributed by atoms with Crippen molar-refractivity contribution in [3.05, 3.63) is 0 Å². The molecule has 2 atom stereocenters. The van der Waals surface area contributed by atoms with Gasteiger partial charge in [0.2, 0.25) is 0 Å². The smallest absolute Gasteiger partial charge is 0.462 e. The summed E-state index contributed by atoms with van der Waals surface area (Å²) >= 11 is 0. The zero-order valence-electron chi connectivity index (χ0n) is 35.7. The van der Waals surface area contributed by atoms with Gasteiger partial charge in [0.15, 0.2) is 6.10 Å². The fourth-order valence-electron chi connectivity index (χ4n) is 6.28. The summed E-state index contributed by atoms with van der Waals surface area (Å²) in [6.07, 6.45) is 37.0. The zero-order valence-corrected chi connectivity index (χ0v) is 36.6. The third-order valence-corrected chi connectivity index (χ3v) is 10.6. The lowest BCUT2D eigenvalue weighted by Gasteiger charge is -2.19. The number of nitrogens with two attached hydrogens (primary N) is 1. The number of unbranched alkanes of at least 4 members (excludes halogenated alkanes) is 28. The Labute approximate surface area is 337 Å². The zero-order chi connectivity index (χ0) is 40.9. The molecule has 330 valence electrons. The lowest BCUT2D eigenvalue weighted by atomic mass is 10.0. The van der Waals surface area contributed by atoms with E-state index >= 15 is 0 Å². The molecule has 2 unspecified atom stereocenters. The van der Waals surface area contributed by atoms with Crippen molar-refractivity contribution in [3.63, 3.8) is 0 Å². The molecule has 55 heavy (non-hydrogen) atoms. The second kappa shape index (κ2) is 45.6. The van der Waals surface area contributed by atoms with Gasteiger partial charge in [-0.1, -0.05) is 194 Å². The number of phosphoric ester groups is 1. The molecule has 0 bridgehead atoms. The molecule has 0 aliphatic carbocycles. The van der Waals surface area contributed by atoms with Crippen LogP contribution in [-0.2, 0) is 32.7 Å². The number of aliphatic hydroxyl groups excluding tert-OH is 2. The van der Waals surface area contributed by atoms with Crippen LogP contribution in [0.15, 0.2) is 0 Å². The van der Waals surface area contributed by atoms with Crippen LogP contribution >= 0.6 is 7.82 Å². The van der Waals surface area contributed by atoms with Gasteiger partial charge in [-0.3, -0.25) is 18.6 Å². The second-order valence-electron chi connectivity index (χ2n) is 15.0. The fourth-order valence-corrected chi connectivity index (χ4v) is 7.05. The van der Waals surface area contributed by atoms with Crippen LogP contribution in [0.4, 0.5) is 0 Å². The van der Waals surface area contributed by atoms with Crippen LogP contribution in [-0.4, -0.2) is 72.7 Å². The molecule has 0 aromatic carbocycles. The lowest BCUT2D eigenvalue weighted by molar-refractivity contribution is -0.161. The summed E-state index contributed by atoms with van der Waals surface area (Å²) in [6.45, 7) is 3.52. The number of carbonyl (C=O) groups excluding carboxylic acids is 2. The minimum Gasteiger partial charge on any atom is -0.462 e. The molecule has 5 N–H and O–H groups in total. The molecular formula is C43H88NO10P. The molecule has 0 fully saturated rings. The van der Waals surface area contributed by atoms with E-state index in [2.05, 4.69) is 13.8 Å². The minimum absolute atomic E-state index is 0.0580. The molecule has 0 saturated carbocycles. The maximum Gasteiger partial charge on any atom is 0.472 e. The van der Waals surface area contributed by atoms with Gasteiger partial charge in [0, 0.05) is 19.4 Å². The number of rotatable bonds is 42. The summed E-state index contributed by atoms with van der Waals surface area (Å²) in [5.74, 6) is -0.813. The van der Waals surface area contributed by atoms with Gasteiger partial charge in [-0.05, 0) is 12.8 Å². The molecule has 0 radical (unpaired) electrons. The Hall–Kier alpha value is -1.07. The molecular weight excluding hydrogens is 721 g/mol. The highest BCUT2D eigenvalue weighted by Crippen LogP contribution is 2.43. The lowest BCUT2D eigenvalue weighted by Crippen LogP contribution is -2.29. The van der Waals surface area contributed by atoms with Crippen LogP contribution in [0, 0.1) is 0 Å². The van der Waals surface area contributed by atoms with Crippen molar-refractivity contribution in [1.29, 1.82) is 0 Å². The molecule has 0 aliphatic heterocycles. The van der Waals surface area contributed by atoms with Crippen LogP contribution < -0.4 is 5.73 Å². The predicted molar refractivity (Wildman–Crippen MR) is 225 cm³/mol. The Balaban J connectivity index is 0. The summed E-state index contributed by atoms with van der Waals surface area (Å²) in [5, 5.41) is 15.2. The molecule has 0 aromatic rings. The Morgan fingerprint density at radius 2 is 0.836 bits per heavy atom. The van der Waals surface area contributed by atoms with Gasteiger partial charge in [0.25, 0.3) is 0 Å². The molecule has 0 rings (SSSR count). The van der Waals surface area contributed by atoms with Crippen LogP contribution in [0.25, 0.3) is 0 Å². The molecule has 0 amide bonds. The normalized spacial score (nSPS) is 12.8. The maximum atomic E-state index is 12.6. The minimum atomic E-state index is -4.37. The molecule has 12 heteroatoms. The molecule has 0 aliphatic rings. The van der Waals surface area contributed by atoms with Crippen molar-refractivity contribution < 1.29 is 47.8 Å². The summed E-state index contributed by atoms with van der Waals surface area (Å²) in [5.41, 5.74) is 5.34. The van der Waals surface area contributed by atoms with Crippen molar-refractivity contribution in [2.24, 2.45) is 5.73 Å². The highest BCUT2D eigenvalue weighted by Gasteiger charge is 2.26. The molecule has 11 nitrogen and oxygen atoms in total. The Morgan fingerprint density at radius 1 is 0.509 bits per heavy atom. The van der Waals surface area contributed by atoms with E-state index in [4.69, 9.17) is 34.5 Å². The first-order chi connectivity index (χ1) is 26.8. The quantitative estimate of drug-likeness (QED) is 0.0262. The summed E-state index contributed by atoms with van der Waals surface area (Å²) < 4.78 is 32.8. The number of carbonyl (C=O) groups is 2. The third-order valence-electron chi connectivity index (χ3n) is 9.59. The van der Waals surface area contributed by atoms with E-state index in [0.717, 1.165) is 32.1 Å². The second-order valence-corrected chi connectivity index (χ2v) is 16.5. The summed E-state index contributed by atoms with van der Waals surface area (Å²) in [7, 11) is -4.37. The van der Waals surface area contributed by atoms with Gasteiger partial charge in [-0.2, -0.15) is 0 Å². The Bertz CT molecular complexity index is 848. The topological polar surface area (TPSA) is 175 Å². The van der Waals surface area contributed by atoms with Crippen molar-refractivity contribution in [3.8, 4) is 0 Å². The summed E-state index contributed by atoms with van der Waals surface area (Å²) in [6, 6.07) is 0. The largest absolute Gasteiger partial charge is 0.472 e. The third kappa shape index (κ3) is 47.2. The Kier molecular flexibility index (Phi) is 46.5. The standard InChI is InChI=1S/C41H82NO8P.C2H6O2/c1-3-5-7-9-11-13-15-17-19-21-23-25-27-29-31-33-40(43)47-37-39(38-49-51(45,46)48-36-35-42)50-41(44)34-32-30-28-26-24-22-20-18-16-14-12-10-8-6-4-2;3-1-2-4/h39H,3-38,42H2,1-2H3,(H,45,46);3-4H,1-2H2. The van der Waals surface area contributed by atoms with Crippen LogP contribution in [0.5, 0.6) is 0 Å². The SMILES string of the molecule is CCCCCCCCCCCCCCCCCC(=O)OCC(COP(=O)(O)OCCN)OC(=O)CCCCCCCCCCCCCCCCC.OCCO. The number of phosphoric acid groups is 1. The first kappa shape index (κ1) is 56.0. The summed E-state index contributed by atoms with van der Waals surface area (Å²) in [4.78, 5) is 34.8. The first-order valence-corrected chi connectivity index (χ1v) is 24.1. The van der Waals surface area contributed by atoms with Gasteiger partial charge in [-0.15, -0.1) is 0 Å². The number of esters is 2. The molecule has 0 aromatic heterocycles. The van der Waals surface area contributed by atoms with E-state index in [1.54, 1.807) is 0 Å². The molecule has 0 saturated heterocycles. The number of hydrogen-bond acceptors (Lipinski definition) is 10. The van der Waals surface area contributed by atoms with Gasteiger partial charge in [0.1, 0.15) is 6.61 Å². The van der Waals surface area contributed by atoms with E-state index in [0.29, 0.717) is 6.42 Å². The van der Waals surface area contributed by atoms with Crippen LogP contribution in [0.1, 0.15) is 219 Å². The van der Waals surface area contributed by atoms with Crippen molar-refractivity contribution in [1.82, 2.24) is 0 Å². The van der Waals surface area contributed by atoms with Crippen molar-refractivity contribution in [2.75, 3.05) is 39.6 Å². The predicted octanol–water partition coefficient (Wildman–Crippen LogP) is 11.0. The average Bonchev–Trinajstić information content (AvgIpc) is 3.18. The van der Waals surface area contributed by atoms with E-state index < -0.39 is 26.5 Å². The Morgan fingerprint density at radius 3 is 1.16 bits per heavy atom. The molecule has 0 spiro atoms. The van der Waals surface area contributed by atoms with E-state index in [9.17, 15) is 19.0 Å². The number of hydrogen-bond donors (Lipinski definition) is 4. The number of ether oxygens (including phenoxy) is 2. The average molecular weight is 810 g/mol. The van der Waals surface area contributed by atoms with Crippen LogP contribution in [0.2, 0.25) is 0 Å². The molecule has 0 heterocycles. The van der Waals surface area contributed by atoms with Gasteiger partial charge in [-0.25, -0.2) is 4.57 Å². The van der Waals surface area contributed by atoms with Crippen LogP contribution in [0.3, 0.4) is 0 Å². The monoisotopic (exact) mass is 810 g/mol. The highest BCUT2D eigenvalue weighted by molar-refractivity contribution is 7.47. The van der Waals surface area contributed by atoms with E-state index in [-0.39, 0.29) is 51.8 Å². The first-order valence-electron chi connectivity index (χ1n) is 22.6. The van der Waals surface area contributed by atoms with Gasteiger partial charge >= 0.3 is 19.8 Å². The van der Waals surface area contributed by atoms with Gasteiger partial charge < -0.3 is 30.3 Å².